The van der Waals surface area contributed by atoms with Crippen LogP contribution in [-0.4, -0.2) is 53.8 Å². The maximum atomic E-state index is 13.0. The number of carbonyl (C=O) groups excluding carboxylic acids is 2. The smallest absolute Gasteiger partial charge is 0.302 e. The van der Waals surface area contributed by atoms with Crippen molar-refractivity contribution in [2.45, 2.75) is 89.4 Å². The zero-order chi connectivity index (χ0) is 17.8. The molecule has 136 valence electrons. The normalized spacial score (nSPS) is 39.4. The molecule has 0 aromatic rings. The van der Waals surface area contributed by atoms with Crippen molar-refractivity contribution in [2.75, 3.05) is 6.61 Å². The third kappa shape index (κ3) is 2.77. The molecule has 0 bridgehead atoms. The highest BCUT2D eigenvalue weighted by molar-refractivity contribution is 5.91. The Kier molecular flexibility index (Phi) is 4.27. The van der Waals surface area contributed by atoms with E-state index in [4.69, 9.17) is 23.7 Å². The fourth-order valence-electron chi connectivity index (χ4n) is 3.90. The van der Waals surface area contributed by atoms with Crippen LogP contribution in [0, 0.1) is 0 Å². The number of Topliss-reactive ketones (excluding diaryl/α,β-unsaturated/α-hetero) is 1. The van der Waals surface area contributed by atoms with Crippen molar-refractivity contribution in [1.82, 2.24) is 0 Å². The van der Waals surface area contributed by atoms with Crippen LogP contribution in [0.5, 0.6) is 0 Å². The van der Waals surface area contributed by atoms with E-state index in [9.17, 15) is 9.59 Å². The maximum Gasteiger partial charge on any atom is 0.302 e. The van der Waals surface area contributed by atoms with Gasteiger partial charge in [0, 0.05) is 13.3 Å². The standard InChI is InChI=1S/C17H26O7/c1-6-17(7-2)23-14-12(19)13-11(21-15(4,5)22-13)8-16(14,24-17)9-20-10(3)18/h11,13-14H,6-9H2,1-5H3/t11-,13-,14+,16+/m1/s1. The highest BCUT2D eigenvalue weighted by Crippen LogP contribution is 2.50. The summed E-state index contributed by atoms with van der Waals surface area (Å²) in [6, 6.07) is 0. The van der Waals surface area contributed by atoms with Crippen molar-refractivity contribution < 1.29 is 33.3 Å². The zero-order valence-electron chi connectivity index (χ0n) is 14.9. The summed E-state index contributed by atoms with van der Waals surface area (Å²) in [7, 11) is 0. The lowest BCUT2D eigenvalue weighted by atomic mass is 9.78. The zero-order valence-corrected chi connectivity index (χ0v) is 14.9. The van der Waals surface area contributed by atoms with Gasteiger partial charge in [-0.15, -0.1) is 0 Å². The van der Waals surface area contributed by atoms with E-state index in [2.05, 4.69) is 0 Å². The van der Waals surface area contributed by atoms with Gasteiger partial charge in [0.25, 0.3) is 0 Å². The lowest BCUT2D eigenvalue weighted by Crippen LogP contribution is -2.60. The first-order chi connectivity index (χ1) is 11.2. The van der Waals surface area contributed by atoms with Gasteiger partial charge < -0.3 is 23.7 Å². The molecule has 0 N–H and O–H groups in total. The molecule has 1 saturated carbocycles. The van der Waals surface area contributed by atoms with Gasteiger partial charge in [-0.2, -0.15) is 0 Å². The van der Waals surface area contributed by atoms with Crippen LogP contribution in [0.4, 0.5) is 0 Å². The molecule has 2 aliphatic heterocycles. The Morgan fingerprint density at radius 2 is 1.88 bits per heavy atom. The monoisotopic (exact) mass is 342 g/mol. The summed E-state index contributed by atoms with van der Waals surface area (Å²) in [5.74, 6) is -2.31. The van der Waals surface area contributed by atoms with Gasteiger partial charge in [0.05, 0.1) is 6.10 Å². The fourth-order valence-corrected chi connectivity index (χ4v) is 3.90. The number of fused-ring (bicyclic) bond motifs is 2. The summed E-state index contributed by atoms with van der Waals surface area (Å²) in [5.41, 5.74) is -1.03. The molecule has 0 radical (unpaired) electrons. The first kappa shape index (κ1) is 17.8. The molecule has 7 nitrogen and oxygen atoms in total. The largest absolute Gasteiger partial charge is 0.463 e. The van der Waals surface area contributed by atoms with Crippen LogP contribution in [0.15, 0.2) is 0 Å². The molecule has 0 amide bonds. The Balaban J connectivity index is 1.93. The molecule has 0 unspecified atom stereocenters. The minimum Gasteiger partial charge on any atom is -0.463 e. The van der Waals surface area contributed by atoms with Crippen LogP contribution in [0.2, 0.25) is 0 Å². The van der Waals surface area contributed by atoms with Gasteiger partial charge in [-0.3, -0.25) is 9.59 Å². The Morgan fingerprint density at radius 3 is 2.46 bits per heavy atom. The van der Waals surface area contributed by atoms with E-state index in [0.717, 1.165) is 0 Å². The summed E-state index contributed by atoms with van der Waals surface area (Å²) in [5, 5.41) is 0. The van der Waals surface area contributed by atoms with E-state index >= 15 is 0 Å². The summed E-state index contributed by atoms with van der Waals surface area (Å²) in [4.78, 5) is 24.3. The number of esters is 1. The van der Waals surface area contributed by atoms with Crippen LogP contribution >= 0.6 is 0 Å². The van der Waals surface area contributed by atoms with Crippen LogP contribution < -0.4 is 0 Å². The van der Waals surface area contributed by atoms with Crippen LogP contribution in [0.3, 0.4) is 0 Å². The molecule has 0 aromatic carbocycles. The van der Waals surface area contributed by atoms with E-state index in [1.54, 1.807) is 13.8 Å². The number of rotatable bonds is 4. The van der Waals surface area contributed by atoms with E-state index in [1.165, 1.54) is 6.92 Å². The molecule has 24 heavy (non-hydrogen) atoms. The number of ketones is 1. The van der Waals surface area contributed by atoms with E-state index in [1.807, 2.05) is 13.8 Å². The van der Waals surface area contributed by atoms with Crippen molar-refractivity contribution in [3.63, 3.8) is 0 Å². The molecular weight excluding hydrogens is 316 g/mol. The first-order valence-electron chi connectivity index (χ1n) is 8.56. The Bertz CT molecular complexity index is 539. The second kappa shape index (κ2) is 5.76. The molecule has 3 aliphatic rings. The average molecular weight is 342 g/mol. The molecule has 2 saturated heterocycles. The minimum absolute atomic E-state index is 0.0342. The van der Waals surface area contributed by atoms with Gasteiger partial charge in [0.1, 0.15) is 18.3 Å². The lowest BCUT2D eigenvalue weighted by Gasteiger charge is -2.39. The summed E-state index contributed by atoms with van der Waals surface area (Å²) in [6.45, 7) is 8.74. The van der Waals surface area contributed by atoms with Gasteiger partial charge in [0.2, 0.25) is 0 Å². The maximum absolute atomic E-state index is 13.0. The van der Waals surface area contributed by atoms with E-state index in [-0.39, 0.29) is 12.4 Å². The topological polar surface area (TPSA) is 80.3 Å². The van der Waals surface area contributed by atoms with Crippen molar-refractivity contribution in [1.29, 1.82) is 0 Å². The van der Waals surface area contributed by atoms with E-state index in [0.29, 0.717) is 19.3 Å². The summed E-state index contributed by atoms with van der Waals surface area (Å²) >= 11 is 0. The average Bonchev–Trinajstić information content (AvgIpc) is 3.00. The molecule has 3 fully saturated rings. The molecule has 3 rings (SSSR count). The number of hydrogen-bond donors (Lipinski definition) is 0. The molecular formula is C17H26O7. The molecule has 2 heterocycles. The van der Waals surface area contributed by atoms with Crippen LogP contribution in [0.1, 0.15) is 53.9 Å². The van der Waals surface area contributed by atoms with Crippen LogP contribution in [0.25, 0.3) is 0 Å². The van der Waals surface area contributed by atoms with Gasteiger partial charge in [-0.1, -0.05) is 13.8 Å². The first-order valence-corrected chi connectivity index (χ1v) is 8.56. The third-order valence-electron chi connectivity index (χ3n) is 5.07. The van der Waals surface area contributed by atoms with Gasteiger partial charge in [-0.05, 0) is 26.7 Å². The predicted octanol–water partition coefficient (Wildman–Crippen LogP) is 1.71. The summed E-state index contributed by atoms with van der Waals surface area (Å²) < 4.78 is 29.2. The predicted molar refractivity (Wildman–Crippen MR) is 82.1 cm³/mol. The molecule has 0 spiro atoms. The molecule has 1 aliphatic carbocycles. The second-order valence-corrected chi connectivity index (χ2v) is 7.26. The van der Waals surface area contributed by atoms with Crippen molar-refractivity contribution in [2.24, 2.45) is 0 Å². The Labute approximate surface area is 141 Å². The lowest BCUT2D eigenvalue weighted by molar-refractivity contribution is -0.209. The van der Waals surface area contributed by atoms with Crippen LogP contribution in [-0.2, 0) is 33.3 Å². The van der Waals surface area contributed by atoms with E-state index < -0.39 is 41.5 Å². The highest BCUT2D eigenvalue weighted by atomic mass is 16.8. The van der Waals surface area contributed by atoms with Crippen molar-refractivity contribution >= 4 is 11.8 Å². The molecule has 0 aromatic heterocycles. The fraction of sp³-hybridized carbons (Fsp3) is 0.882. The minimum atomic E-state index is -1.03. The number of hydrogen-bond acceptors (Lipinski definition) is 7. The quantitative estimate of drug-likeness (QED) is 0.720. The Morgan fingerprint density at radius 1 is 1.21 bits per heavy atom. The third-order valence-corrected chi connectivity index (χ3v) is 5.07. The SMILES string of the molecule is CCC1(CC)O[C@H]2C(=O)[C@@H]3OC(C)(C)O[C@@H]3C[C@@]2(COC(C)=O)O1. The van der Waals surface area contributed by atoms with Gasteiger partial charge in [-0.25, -0.2) is 0 Å². The number of ether oxygens (including phenoxy) is 5. The second-order valence-electron chi connectivity index (χ2n) is 7.26. The van der Waals surface area contributed by atoms with Gasteiger partial charge in [0.15, 0.2) is 23.5 Å². The molecule has 7 heteroatoms. The number of carbonyl (C=O) groups is 2. The van der Waals surface area contributed by atoms with Crippen molar-refractivity contribution in [3.8, 4) is 0 Å². The highest BCUT2D eigenvalue weighted by Gasteiger charge is 2.67. The van der Waals surface area contributed by atoms with Gasteiger partial charge >= 0.3 is 5.97 Å². The Hall–Kier alpha value is -1.02. The van der Waals surface area contributed by atoms with Crippen molar-refractivity contribution in [3.05, 3.63) is 0 Å². The molecule has 4 atom stereocenters. The summed E-state index contributed by atoms with van der Waals surface area (Å²) in [6.07, 6.45) is -0.367.